The third kappa shape index (κ3) is 4.91. The van der Waals surface area contributed by atoms with Crippen LogP contribution in [0.15, 0.2) is 56.6 Å². The molecule has 0 aliphatic carbocycles. The molecule has 180 valence electrons. The number of carbonyl (C=O) groups excluding carboxylic acids is 1. The predicted octanol–water partition coefficient (Wildman–Crippen LogP) is 3.56. The number of morpholine rings is 1. The number of rotatable bonds is 5. The summed E-state index contributed by atoms with van der Waals surface area (Å²) in [4.78, 5) is 24.8. The number of esters is 1. The van der Waals surface area contributed by atoms with Crippen molar-refractivity contribution in [3.8, 4) is 0 Å². The van der Waals surface area contributed by atoms with E-state index in [0.717, 1.165) is 11.1 Å². The normalized spacial score (nSPS) is 19.3. The lowest BCUT2D eigenvalue weighted by Gasteiger charge is -2.34. The first kappa shape index (κ1) is 24.1. The van der Waals surface area contributed by atoms with Crippen LogP contribution >= 0.6 is 0 Å². The highest BCUT2D eigenvalue weighted by molar-refractivity contribution is 7.89. The van der Waals surface area contributed by atoms with Gasteiger partial charge in [0, 0.05) is 30.1 Å². The highest BCUT2D eigenvalue weighted by Gasteiger charge is 2.32. The maximum atomic E-state index is 13.1. The molecular formula is C25H27NO7S. The summed E-state index contributed by atoms with van der Waals surface area (Å²) in [6, 6.07) is 10.7. The fourth-order valence-electron chi connectivity index (χ4n) is 4.09. The van der Waals surface area contributed by atoms with Crippen LogP contribution in [0.1, 0.15) is 40.9 Å². The first-order valence-electron chi connectivity index (χ1n) is 11.0. The molecule has 1 aromatic heterocycles. The zero-order chi connectivity index (χ0) is 24.6. The maximum absolute atomic E-state index is 13.1. The number of fused-ring (bicyclic) bond motifs is 1. The van der Waals surface area contributed by atoms with Gasteiger partial charge < -0.3 is 13.9 Å². The van der Waals surface area contributed by atoms with E-state index in [9.17, 15) is 18.0 Å². The molecule has 0 N–H and O–H groups in total. The van der Waals surface area contributed by atoms with Gasteiger partial charge in [0.25, 0.3) is 0 Å². The van der Waals surface area contributed by atoms with E-state index in [-0.39, 0.29) is 42.4 Å². The van der Waals surface area contributed by atoms with Crippen molar-refractivity contribution in [2.45, 2.75) is 51.4 Å². The number of benzene rings is 2. The molecule has 0 saturated carbocycles. The Morgan fingerprint density at radius 2 is 1.74 bits per heavy atom. The Balaban J connectivity index is 1.56. The van der Waals surface area contributed by atoms with Crippen LogP contribution < -0.4 is 5.63 Å². The highest BCUT2D eigenvalue weighted by atomic mass is 32.2. The molecule has 1 saturated heterocycles. The maximum Gasteiger partial charge on any atom is 0.338 e. The number of hydrogen-bond acceptors (Lipinski definition) is 7. The lowest BCUT2D eigenvalue weighted by Crippen LogP contribution is -2.48. The van der Waals surface area contributed by atoms with Gasteiger partial charge in [0.05, 0.1) is 22.7 Å². The van der Waals surface area contributed by atoms with Gasteiger partial charge in [-0.15, -0.1) is 0 Å². The van der Waals surface area contributed by atoms with Gasteiger partial charge in [-0.25, -0.2) is 18.0 Å². The Morgan fingerprint density at radius 3 is 2.44 bits per heavy atom. The largest absolute Gasteiger partial charge is 0.457 e. The van der Waals surface area contributed by atoms with Crippen molar-refractivity contribution >= 4 is 27.0 Å². The van der Waals surface area contributed by atoms with Crippen LogP contribution in [0.4, 0.5) is 0 Å². The summed E-state index contributed by atoms with van der Waals surface area (Å²) in [7, 11) is -3.80. The van der Waals surface area contributed by atoms with Gasteiger partial charge >= 0.3 is 11.6 Å². The molecule has 2 unspecified atom stereocenters. The fraction of sp³-hybridized carbons (Fsp3) is 0.360. The number of aryl methyl sites for hydroxylation is 2. The van der Waals surface area contributed by atoms with E-state index in [2.05, 4.69) is 0 Å². The van der Waals surface area contributed by atoms with Crippen LogP contribution in [0.25, 0.3) is 11.0 Å². The standard InChI is InChI=1S/C25H27NO7S/c1-15-8-22-20(11-24(27)33-23(22)9-16(15)2)14-31-25(28)19-6-5-7-21(10-19)34(29,30)26-12-17(3)32-18(4)13-26/h5-11,17-18H,12-14H2,1-4H3. The molecule has 2 aromatic carbocycles. The van der Waals surface area contributed by atoms with Crippen molar-refractivity contribution < 1.29 is 27.1 Å². The van der Waals surface area contributed by atoms with Gasteiger partial charge in [-0.05, 0) is 69.2 Å². The van der Waals surface area contributed by atoms with Crippen LogP contribution in [-0.4, -0.2) is 44.0 Å². The van der Waals surface area contributed by atoms with Crippen molar-refractivity contribution in [2.75, 3.05) is 13.1 Å². The minimum absolute atomic E-state index is 0.0140. The van der Waals surface area contributed by atoms with Crippen LogP contribution in [0.5, 0.6) is 0 Å². The van der Waals surface area contributed by atoms with Crippen molar-refractivity contribution in [1.82, 2.24) is 4.31 Å². The molecule has 8 nitrogen and oxygen atoms in total. The lowest BCUT2D eigenvalue weighted by atomic mass is 10.0. The molecule has 2 heterocycles. The SMILES string of the molecule is Cc1cc2oc(=O)cc(COC(=O)c3cccc(S(=O)(=O)N4CC(C)OC(C)C4)c3)c2cc1C. The molecule has 34 heavy (non-hydrogen) atoms. The first-order valence-corrected chi connectivity index (χ1v) is 12.5. The van der Waals surface area contributed by atoms with Gasteiger partial charge in [-0.1, -0.05) is 6.07 Å². The van der Waals surface area contributed by atoms with E-state index in [0.29, 0.717) is 16.5 Å². The van der Waals surface area contributed by atoms with Gasteiger partial charge in [-0.2, -0.15) is 4.31 Å². The second kappa shape index (κ2) is 9.32. The third-order valence-electron chi connectivity index (χ3n) is 5.90. The molecule has 0 radical (unpaired) electrons. The van der Waals surface area contributed by atoms with E-state index >= 15 is 0 Å². The second-order valence-corrected chi connectivity index (χ2v) is 10.6. The quantitative estimate of drug-likeness (QED) is 0.402. The Bertz CT molecular complexity index is 1400. The second-order valence-electron chi connectivity index (χ2n) is 8.71. The first-order chi connectivity index (χ1) is 16.0. The molecule has 0 bridgehead atoms. The monoisotopic (exact) mass is 485 g/mol. The van der Waals surface area contributed by atoms with Crippen LogP contribution in [-0.2, 0) is 26.1 Å². The Morgan fingerprint density at radius 1 is 1.06 bits per heavy atom. The van der Waals surface area contributed by atoms with Gasteiger partial charge in [0.2, 0.25) is 10.0 Å². The minimum Gasteiger partial charge on any atom is -0.457 e. The van der Waals surface area contributed by atoms with E-state index in [1.165, 1.54) is 34.6 Å². The summed E-state index contributed by atoms with van der Waals surface area (Å²) < 4.78 is 44.0. The molecule has 4 rings (SSSR count). The smallest absolute Gasteiger partial charge is 0.338 e. The van der Waals surface area contributed by atoms with Gasteiger partial charge in [-0.3, -0.25) is 0 Å². The van der Waals surface area contributed by atoms with Crippen LogP contribution in [0, 0.1) is 13.8 Å². The zero-order valence-corrected chi connectivity index (χ0v) is 20.3. The van der Waals surface area contributed by atoms with Gasteiger partial charge in [0.1, 0.15) is 12.2 Å². The van der Waals surface area contributed by atoms with E-state index in [4.69, 9.17) is 13.9 Å². The summed E-state index contributed by atoms with van der Waals surface area (Å²) in [6.07, 6.45) is -0.449. The third-order valence-corrected chi connectivity index (χ3v) is 7.72. The molecule has 1 aliphatic heterocycles. The van der Waals surface area contributed by atoms with E-state index < -0.39 is 21.6 Å². The summed E-state index contributed by atoms with van der Waals surface area (Å²) >= 11 is 0. The van der Waals surface area contributed by atoms with Crippen molar-refractivity contribution in [2.24, 2.45) is 0 Å². The molecule has 1 aliphatic rings. The predicted molar refractivity (Wildman–Crippen MR) is 126 cm³/mol. The van der Waals surface area contributed by atoms with Crippen molar-refractivity contribution in [3.63, 3.8) is 0 Å². The lowest BCUT2D eigenvalue weighted by molar-refractivity contribution is -0.0440. The average Bonchev–Trinajstić information content (AvgIpc) is 2.78. The number of hydrogen-bond donors (Lipinski definition) is 0. The molecule has 9 heteroatoms. The average molecular weight is 486 g/mol. The highest BCUT2D eigenvalue weighted by Crippen LogP contribution is 2.24. The van der Waals surface area contributed by atoms with Crippen LogP contribution in [0.3, 0.4) is 0 Å². The molecule has 1 fully saturated rings. The molecule has 0 amide bonds. The summed E-state index contributed by atoms with van der Waals surface area (Å²) in [5, 5.41) is 0.683. The Kier molecular flexibility index (Phi) is 6.62. The van der Waals surface area contributed by atoms with E-state index in [1.54, 1.807) is 6.07 Å². The Labute approximate surface area is 198 Å². The van der Waals surface area contributed by atoms with Crippen molar-refractivity contribution in [3.05, 3.63) is 75.1 Å². The molecule has 2 atom stereocenters. The molecular weight excluding hydrogens is 458 g/mol. The zero-order valence-electron chi connectivity index (χ0n) is 19.5. The Hall–Kier alpha value is -3.01. The molecule has 3 aromatic rings. The van der Waals surface area contributed by atoms with Crippen molar-refractivity contribution in [1.29, 1.82) is 0 Å². The topological polar surface area (TPSA) is 103 Å². The number of nitrogens with zero attached hydrogens (tertiary/aromatic N) is 1. The summed E-state index contributed by atoms with van der Waals surface area (Å²) in [5.74, 6) is -0.689. The van der Waals surface area contributed by atoms with Crippen LogP contribution in [0.2, 0.25) is 0 Å². The van der Waals surface area contributed by atoms with Gasteiger partial charge in [0.15, 0.2) is 0 Å². The summed E-state index contributed by atoms with van der Waals surface area (Å²) in [5.41, 5.74) is 2.50. The molecule has 0 spiro atoms. The fourth-order valence-corrected chi connectivity index (χ4v) is 5.73. The van der Waals surface area contributed by atoms with E-state index in [1.807, 2.05) is 33.8 Å². The minimum atomic E-state index is -3.80. The summed E-state index contributed by atoms with van der Waals surface area (Å²) in [6.45, 7) is 7.83. The number of carbonyl (C=O) groups is 1. The number of ether oxygens (including phenoxy) is 2. The number of sulfonamides is 1.